The summed E-state index contributed by atoms with van der Waals surface area (Å²) < 4.78 is 26.1. The third-order valence-corrected chi connectivity index (χ3v) is 6.34. The number of fused-ring (bicyclic) bond motifs is 1. The topological polar surface area (TPSA) is 68.5 Å². The molecular formula is C24H29FN6O2. The average Bonchev–Trinajstić information content (AvgIpc) is 3.46. The SMILES string of the molecule is CC(C)[C@H](c1nnnn1Cc1ccc(F)cc1)N1CCN(Cc2ccc3c(c2)OCO3)CC1. The van der Waals surface area contributed by atoms with Crippen LogP contribution in [-0.4, -0.2) is 63.0 Å². The monoisotopic (exact) mass is 452 g/mol. The highest BCUT2D eigenvalue weighted by molar-refractivity contribution is 5.44. The Morgan fingerprint density at radius 3 is 2.39 bits per heavy atom. The van der Waals surface area contributed by atoms with Crippen LogP contribution in [0.5, 0.6) is 11.5 Å². The number of rotatable bonds is 7. The fourth-order valence-electron chi connectivity index (χ4n) is 4.68. The van der Waals surface area contributed by atoms with Crippen LogP contribution in [0.3, 0.4) is 0 Å². The number of ether oxygens (including phenoxy) is 2. The number of piperazine rings is 1. The standard InChI is InChI=1S/C24H29FN6O2/c1-17(2)23(24-26-27-28-31(24)15-18-3-6-20(25)7-4-18)30-11-9-29(10-12-30)14-19-5-8-21-22(13-19)33-16-32-21/h3-8,13,17,23H,9-12,14-16H2,1-2H3/t23-/m1/s1. The second-order valence-corrected chi connectivity index (χ2v) is 9.01. The number of benzene rings is 2. The Balaban J connectivity index is 1.24. The van der Waals surface area contributed by atoms with Crippen molar-refractivity contribution < 1.29 is 13.9 Å². The molecule has 174 valence electrons. The van der Waals surface area contributed by atoms with Crippen LogP contribution in [0.4, 0.5) is 4.39 Å². The summed E-state index contributed by atoms with van der Waals surface area (Å²) in [5.41, 5.74) is 2.21. The smallest absolute Gasteiger partial charge is 0.231 e. The van der Waals surface area contributed by atoms with E-state index in [1.54, 1.807) is 12.1 Å². The van der Waals surface area contributed by atoms with Crippen molar-refractivity contribution in [1.29, 1.82) is 0 Å². The summed E-state index contributed by atoms with van der Waals surface area (Å²) in [6, 6.07) is 12.8. The van der Waals surface area contributed by atoms with E-state index in [1.165, 1.54) is 17.7 Å². The van der Waals surface area contributed by atoms with Crippen molar-refractivity contribution in [3.8, 4) is 11.5 Å². The van der Waals surface area contributed by atoms with Gasteiger partial charge in [-0.25, -0.2) is 9.07 Å². The van der Waals surface area contributed by atoms with Crippen molar-refractivity contribution in [2.24, 2.45) is 5.92 Å². The van der Waals surface area contributed by atoms with Gasteiger partial charge in [0.2, 0.25) is 6.79 Å². The number of halogens is 1. The Bertz CT molecular complexity index is 1080. The number of tetrazole rings is 1. The Kier molecular flexibility index (Phi) is 6.24. The van der Waals surface area contributed by atoms with Gasteiger partial charge in [-0.1, -0.05) is 32.0 Å². The van der Waals surface area contributed by atoms with Crippen LogP contribution in [0.2, 0.25) is 0 Å². The van der Waals surface area contributed by atoms with Gasteiger partial charge in [-0.3, -0.25) is 9.80 Å². The van der Waals surface area contributed by atoms with E-state index in [-0.39, 0.29) is 11.9 Å². The van der Waals surface area contributed by atoms with Crippen LogP contribution in [0.15, 0.2) is 42.5 Å². The number of nitrogens with zero attached hydrogens (tertiary/aromatic N) is 6. The molecule has 0 saturated carbocycles. The fourth-order valence-corrected chi connectivity index (χ4v) is 4.68. The molecule has 3 aromatic rings. The first-order valence-corrected chi connectivity index (χ1v) is 11.4. The molecular weight excluding hydrogens is 423 g/mol. The first-order chi connectivity index (χ1) is 16.1. The molecule has 2 aliphatic rings. The predicted octanol–water partition coefficient (Wildman–Crippen LogP) is 3.10. The van der Waals surface area contributed by atoms with E-state index >= 15 is 0 Å². The highest BCUT2D eigenvalue weighted by Gasteiger charge is 2.31. The van der Waals surface area contributed by atoms with Gasteiger partial charge in [0.05, 0.1) is 12.6 Å². The lowest BCUT2D eigenvalue weighted by Crippen LogP contribution is -2.48. The van der Waals surface area contributed by atoms with Crippen molar-refractivity contribution in [2.75, 3.05) is 33.0 Å². The molecule has 1 aromatic heterocycles. The van der Waals surface area contributed by atoms with Gasteiger partial charge >= 0.3 is 0 Å². The second kappa shape index (κ2) is 9.44. The Labute approximate surface area is 192 Å². The third-order valence-electron chi connectivity index (χ3n) is 6.34. The van der Waals surface area contributed by atoms with Crippen LogP contribution in [0.1, 0.15) is 36.8 Å². The van der Waals surface area contributed by atoms with Gasteiger partial charge in [-0.15, -0.1) is 5.10 Å². The molecule has 0 bridgehead atoms. The van der Waals surface area contributed by atoms with E-state index in [9.17, 15) is 4.39 Å². The molecule has 33 heavy (non-hydrogen) atoms. The molecule has 0 radical (unpaired) electrons. The summed E-state index contributed by atoms with van der Waals surface area (Å²) in [6.07, 6.45) is 0. The molecule has 0 amide bonds. The molecule has 8 nitrogen and oxygen atoms in total. The quantitative estimate of drug-likeness (QED) is 0.546. The first-order valence-electron chi connectivity index (χ1n) is 11.4. The van der Waals surface area contributed by atoms with Crippen LogP contribution < -0.4 is 9.47 Å². The lowest BCUT2D eigenvalue weighted by molar-refractivity contribution is 0.0664. The highest BCUT2D eigenvalue weighted by atomic mass is 19.1. The van der Waals surface area contributed by atoms with Crippen LogP contribution >= 0.6 is 0 Å². The summed E-state index contributed by atoms with van der Waals surface area (Å²) in [7, 11) is 0. The molecule has 0 N–H and O–H groups in total. The number of hydrogen-bond acceptors (Lipinski definition) is 7. The molecule has 1 fully saturated rings. The molecule has 3 heterocycles. The van der Waals surface area contributed by atoms with Gasteiger partial charge in [0.25, 0.3) is 0 Å². The van der Waals surface area contributed by atoms with Crippen LogP contribution in [-0.2, 0) is 13.1 Å². The molecule has 9 heteroatoms. The molecule has 0 spiro atoms. The lowest BCUT2D eigenvalue weighted by atomic mass is 10.0. The minimum absolute atomic E-state index is 0.119. The molecule has 2 aliphatic heterocycles. The van der Waals surface area contributed by atoms with Crippen molar-refractivity contribution >= 4 is 0 Å². The van der Waals surface area contributed by atoms with E-state index in [4.69, 9.17) is 9.47 Å². The van der Waals surface area contributed by atoms with Crippen LogP contribution in [0, 0.1) is 11.7 Å². The maximum absolute atomic E-state index is 13.3. The van der Waals surface area contributed by atoms with Gasteiger partial charge in [0.15, 0.2) is 17.3 Å². The van der Waals surface area contributed by atoms with Crippen molar-refractivity contribution in [3.63, 3.8) is 0 Å². The van der Waals surface area contributed by atoms with Crippen molar-refractivity contribution in [3.05, 3.63) is 65.2 Å². The summed E-state index contributed by atoms with van der Waals surface area (Å²) >= 11 is 0. The van der Waals surface area contributed by atoms with E-state index in [1.807, 2.05) is 10.7 Å². The highest BCUT2D eigenvalue weighted by Crippen LogP contribution is 2.33. The van der Waals surface area contributed by atoms with E-state index in [0.717, 1.165) is 55.6 Å². The van der Waals surface area contributed by atoms with E-state index in [2.05, 4.69) is 51.3 Å². The molecule has 1 saturated heterocycles. The Morgan fingerprint density at radius 2 is 1.64 bits per heavy atom. The second-order valence-electron chi connectivity index (χ2n) is 9.01. The summed E-state index contributed by atoms with van der Waals surface area (Å²) in [5.74, 6) is 2.62. The van der Waals surface area contributed by atoms with Gasteiger partial charge < -0.3 is 9.47 Å². The molecule has 5 rings (SSSR count). The molecule has 0 unspecified atom stereocenters. The zero-order chi connectivity index (χ0) is 22.8. The Morgan fingerprint density at radius 1 is 0.909 bits per heavy atom. The van der Waals surface area contributed by atoms with Crippen LogP contribution in [0.25, 0.3) is 0 Å². The third kappa shape index (κ3) is 4.84. The number of aromatic nitrogens is 4. The minimum Gasteiger partial charge on any atom is -0.454 e. The maximum atomic E-state index is 13.3. The fraction of sp³-hybridized carbons (Fsp3) is 0.458. The first kappa shape index (κ1) is 21.8. The van der Waals surface area contributed by atoms with Gasteiger partial charge in [0.1, 0.15) is 5.82 Å². The van der Waals surface area contributed by atoms with Crippen molar-refractivity contribution in [1.82, 2.24) is 30.0 Å². The van der Waals surface area contributed by atoms with E-state index < -0.39 is 0 Å². The minimum atomic E-state index is -0.241. The zero-order valence-electron chi connectivity index (χ0n) is 19.0. The van der Waals surface area contributed by atoms with E-state index in [0.29, 0.717) is 19.3 Å². The average molecular weight is 453 g/mol. The largest absolute Gasteiger partial charge is 0.454 e. The lowest BCUT2D eigenvalue weighted by Gasteiger charge is -2.40. The normalized spacial score (nSPS) is 17.6. The zero-order valence-corrected chi connectivity index (χ0v) is 19.0. The molecule has 1 atom stereocenters. The van der Waals surface area contributed by atoms with Gasteiger partial charge in [0, 0.05) is 32.7 Å². The summed E-state index contributed by atoms with van der Waals surface area (Å²) in [4.78, 5) is 4.95. The van der Waals surface area contributed by atoms with Gasteiger partial charge in [-0.2, -0.15) is 0 Å². The molecule has 2 aromatic carbocycles. The molecule has 0 aliphatic carbocycles. The van der Waals surface area contributed by atoms with Gasteiger partial charge in [-0.05, 0) is 51.7 Å². The number of hydrogen-bond donors (Lipinski definition) is 0. The summed E-state index contributed by atoms with van der Waals surface area (Å²) in [6.45, 7) is 9.95. The maximum Gasteiger partial charge on any atom is 0.231 e. The van der Waals surface area contributed by atoms with Crippen molar-refractivity contribution in [2.45, 2.75) is 33.0 Å². The Hall–Kier alpha value is -3.04. The summed E-state index contributed by atoms with van der Waals surface area (Å²) in [5, 5.41) is 12.6. The predicted molar refractivity (Wildman–Crippen MR) is 120 cm³/mol.